The van der Waals surface area contributed by atoms with E-state index in [1.54, 1.807) is 0 Å². The maximum atomic E-state index is 12.5. The minimum absolute atomic E-state index is 0.0327. The lowest BCUT2D eigenvalue weighted by Crippen LogP contribution is -2.45. The van der Waals surface area contributed by atoms with Crippen LogP contribution in [0.25, 0.3) is 0 Å². The van der Waals surface area contributed by atoms with E-state index in [0.717, 1.165) is 38.5 Å². The number of aliphatic hydroxyl groups is 2. The lowest BCUT2D eigenvalue weighted by atomic mass is 10.0. The minimum atomic E-state index is -0.662. The molecule has 3 N–H and O–H groups in total. The van der Waals surface area contributed by atoms with Gasteiger partial charge in [0.15, 0.2) is 0 Å². The SMILES string of the molecule is CCCCCCC/C=C\C/C=C\C/C=C\CCCCCCCCCCCCC(=O)NC(CO)C(O)CCCCCCCCCCCCCCCCCCCCCCC. The standard InChI is InChI=1S/C54H103NO3/c1-3-5-7-9-11-13-15-17-19-21-23-25-26-27-28-30-32-34-36-38-40-42-44-46-48-50-54(58)55-52(51-56)53(57)49-47-45-43-41-39-37-35-33-31-29-24-22-20-18-16-14-12-10-8-6-4-2/h15,17,21,23,26-27,52-53,56-57H,3-14,16,18-20,22,24-25,28-51H2,1-2H3,(H,55,58)/b17-15-,23-21-,27-26-. The maximum Gasteiger partial charge on any atom is 0.220 e. The van der Waals surface area contributed by atoms with E-state index in [9.17, 15) is 15.0 Å². The Kier molecular flexibility index (Phi) is 48.8. The van der Waals surface area contributed by atoms with Crippen molar-refractivity contribution in [1.82, 2.24) is 5.32 Å². The first-order valence-corrected chi connectivity index (χ1v) is 26.2. The van der Waals surface area contributed by atoms with E-state index < -0.39 is 12.1 Å². The first-order valence-electron chi connectivity index (χ1n) is 26.2. The molecule has 0 bridgehead atoms. The first kappa shape index (κ1) is 56.6. The van der Waals surface area contributed by atoms with Crippen molar-refractivity contribution in [2.24, 2.45) is 0 Å². The van der Waals surface area contributed by atoms with E-state index in [1.807, 2.05) is 0 Å². The molecular weight excluding hydrogens is 711 g/mol. The minimum Gasteiger partial charge on any atom is -0.394 e. The van der Waals surface area contributed by atoms with E-state index >= 15 is 0 Å². The zero-order valence-electron chi connectivity index (χ0n) is 39.3. The van der Waals surface area contributed by atoms with Gasteiger partial charge < -0.3 is 15.5 Å². The number of hydrogen-bond donors (Lipinski definition) is 3. The van der Waals surface area contributed by atoms with Crippen LogP contribution in [0.15, 0.2) is 36.5 Å². The van der Waals surface area contributed by atoms with Crippen LogP contribution in [0.2, 0.25) is 0 Å². The average molecular weight is 814 g/mol. The van der Waals surface area contributed by atoms with Gasteiger partial charge in [0.2, 0.25) is 5.91 Å². The molecule has 4 heteroatoms. The molecule has 1 amide bonds. The molecule has 0 aliphatic carbocycles. The predicted octanol–water partition coefficient (Wildman–Crippen LogP) is 16.9. The molecule has 0 fully saturated rings. The smallest absolute Gasteiger partial charge is 0.220 e. The first-order chi connectivity index (χ1) is 28.7. The maximum absolute atomic E-state index is 12.5. The van der Waals surface area contributed by atoms with E-state index in [4.69, 9.17) is 0 Å². The highest BCUT2D eigenvalue weighted by molar-refractivity contribution is 5.76. The van der Waals surface area contributed by atoms with Crippen LogP contribution < -0.4 is 5.32 Å². The summed E-state index contributed by atoms with van der Waals surface area (Å²) in [6.45, 7) is 4.37. The zero-order chi connectivity index (χ0) is 42.1. The van der Waals surface area contributed by atoms with Crippen molar-refractivity contribution < 1.29 is 15.0 Å². The molecule has 0 saturated heterocycles. The molecule has 0 aromatic carbocycles. The van der Waals surface area contributed by atoms with E-state index in [0.29, 0.717) is 12.8 Å². The summed E-state index contributed by atoms with van der Waals surface area (Å²) in [5.41, 5.74) is 0. The Labute approximate surface area is 363 Å². The molecule has 342 valence electrons. The number of aliphatic hydroxyl groups excluding tert-OH is 2. The molecule has 0 spiro atoms. The van der Waals surface area contributed by atoms with Gasteiger partial charge >= 0.3 is 0 Å². The highest BCUT2D eigenvalue weighted by Crippen LogP contribution is 2.17. The third-order valence-corrected chi connectivity index (χ3v) is 12.2. The predicted molar refractivity (Wildman–Crippen MR) is 258 cm³/mol. The van der Waals surface area contributed by atoms with Gasteiger partial charge in [-0.25, -0.2) is 0 Å². The number of nitrogens with one attached hydrogen (secondary N) is 1. The van der Waals surface area contributed by atoms with Gasteiger partial charge in [-0.15, -0.1) is 0 Å². The zero-order valence-corrected chi connectivity index (χ0v) is 39.3. The monoisotopic (exact) mass is 814 g/mol. The number of unbranched alkanes of at least 4 members (excludes halogenated alkanes) is 35. The summed E-state index contributed by atoms with van der Waals surface area (Å²) in [5, 5.41) is 23.3. The van der Waals surface area contributed by atoms with Crippen LogP contribution in [-0.4, -0.2) is 34.9 Å². The molecule has 0 radical (unpaired) electrons. The number of carbonyl (C=O) groups is 1. The van der Waals surface area contributed by atoms with Gasteiger partial charge in [0.25, 0.3) is 0 Å². The van der Waals surface area contributed by atoms with E-state index in [1.165, 1.54) is 218 Å². The molecule has 58 heavy (non-hydrogen) atoms. The molecular formula is C54H103NO3. The summed E-state index contributed by atoms with van der Waals surface area (Å²) >= 11 is 0. The normalized spacial score (nSPS) is 13.1. The Balaban J connectivity index is 3.49. The second-order valence-corrected chi connectivity index (χ2v) is 17.9. The molecule has 0 heterocycles. The Morgan fingerprint density at radius 2 is 0.707 bits per heavy atom. The summed E-state index contributed by atoms with van der Waals surface area (Å²) < 4.78 is 0. The van der Waals surface area contributed by atoms with Crippen LogP contribution >= 0.6 is 0 Å². The van der Waals surface area contributed by atoms with Gasteiger partial charge in [0.1, 0.15) is 0 Å². The third-order valence-electron chi connectivity index (χ3n) is 12.2. The fourth-order valence-corrected chi connectivity index (χ4v) is 8.13. The van der Waals surface area contributed by atoms with E-state index in [-0.39, 0.29) is 12.5 Å². The third kappa shape index (κ3) is 45.7. The van der Waals surface area contributed by atoms with Crippen molar-refractivity contribution in [1.29, 1.82) is 0 Å². The van der Waals surface area contributed by atoms with Gasteiger partial charge in [0.05, 0.1) is 18.8 Å². The highest BCUT2D eigenvalue weighted by Gasteiger charge is 2.20. The van der Waals surface area contributed by atoms with Crippen molar-refractivity contribution in [2.45, 2.75) is 296 Å². The van der Waals surface area contributed by atoms with Gasteiger partial charge in [-0.05, 0) is 51.4 Å². The van der Waals surface area contributed by atoms with Gasteiger partial charge in [-0.2, -0.15) is 0 Å². The Bertz CT molecular complexity index is 882. The molecule has 0 aliphatic heterocycles. The second-order valence-electron chi connectivity index (χ2n) is 17.9. The molecule has 0 aromatic rings. The van der Waals surface area contributed by atoms with Gasteiger partial charge in [0, 0.05) is 6.42 Å². The summed E-state index contributed by atoms with van der Waals surface area (Å²) in [6.07, 6.45) is 66.8. The quantitative estimate of drug-likeness (QED) is 0.0423. The van der Waals surface area contributed by atoms with Gasteiger partial charge in [-0.1, -0.05) is 262 Å². The van der Waals surface area contributed by atoms with Crippen molar-refractivity contribution >= 4 is 5.91 Å². The molecule has 2 atom stereocenters. The van der Waals surface area contributed by atoms with Crippen molar-refractivity contribution in [3.8, 4) is 0 Å². The van der Waals surface area contributed by atoms with Crippen molar-refractivity contribution in [3.63, 3.8) is 0 Å². The Morgan fingerprint density at radius 1 is 0.414 bits per heavy atom. The molecule has 4 nitrogen and oxygen atoms in total. The fraction of sp³-hybridized carbons (Fsp3) is 0.870. The molecule has 0 aromatic heterocycles. The van der Waals surface area contributed by atoms with Crippen LogP contribution in [-0.2, 0) is 4.79 Å². The second kappa shape index (κ2) is 50.0. The van der Waals surface area contributed by atoms with Gasteiger partial charge in [-0.3, -0.25) is 4.79 Å². The number of hydrogen-bond acceptors (Lipinski definition) is 3. The fourth-order valence-electron chi connectivity index (χ4n) is 8.13. The largest absolute Gasteiger partial charge is 0.394 e. The van der Waals surface area contributed by atoms with Crippen LogP contribution in [0.3, 0.4) is 0 Å². The van der Waals surface area contributed by atoms with Crippen LogP contribution in [0.1, 0.15) is 284 Å². The number of amides is 1. The topological polar surface area (TPSA) is 69.6 Å². The van der Waals surface area contributed by atoms with Crippen molar-refractivity contribution in [3.05, 3.63) is 36.5 Å². The van der Waals surface area contributed by atoms with Crippen LogP contribution in [0, 0.1) is 0 Å². The average Bonchev–Trinajstić information content (AvgIpc) is 3.23. The number of carbonyl (C=O) groups excluding carboxylic acids is 1. The molecule has 0 rings (SSSR count). The lowest BCUT2D eigenvalue weighted by molar-refractivity contribution is -0.123. The molecule has 0 saturated carbocycles. The number of allylic oxidation sites excluding steroid dienone is 6. The molecule has 2 unspecified atom stereocenters. The Hall–Kier alpha value is -1.39. The van der Waals surface area contributed by atoms with Crippen LogP contribution in [0.5, 0.6) is 0 Å². The summed E-state index contributed by atoms with van der Waals surface area (Å²) in [5.74, 6) is -0.0327. The summed E-state index contributed by atoms with van der Waals surface area (Å²) in [4.78, 5) is 12.5. The lowest BCUT2D eigenvalue weighted by Gasteiger charge is -2.22. The summed E-state index contributed by atoms with van der Waals surface area (Å²) in [6, 6.07) is -0.539. The molecule has 0 aliphatic rings. The van der Waals surface area contributed by atoms with Crippen LogP contribution in [0.4, 0.5) is 0 Å². The summed E-state index contributed by atoms with van der Waals surface area (Å²) in [7, 11) is 0. The highest BCUT2D eigenvalue weighted by atomic mass is 16.3. The Morgan fingerprint density at radius 3 is 1.05 bits per heavy atom. The van der Waals surface area contributed by atoms with Crippen molar-refractivity contribution in [2.75, 3.05) is 6.61 Å². The van der Waals surface area contributed by atoms with E-state index in [2.05, 4.69) is 55.6 Å². The number of rotatable bonds is 48.